The van der Waals surface area contributed by atoms with Gasteiger partial charge in [-0.05, 0) is 68.8 Å². The number of nitrogens with zero attached hydrogens (tertiary/aromatic N) is 5. The van der Waals surface area contributed by atoms with Crippen LogP contribution in [0.4, 0.5) is 11.6 Å². The Morgan fingerprint density at radius 3 is 2.35 bits per heavy atom. The van der Waals surface area contributed by atoms with Gasteiger partial charge in [-0.2, -0.15) is 5.26 Å². The molecule has 12 heteroatoms. The minimum atomic E-state index is -1.31. The second-order valence-corrected chi connectivity index (χ2v) is 11.4. The van der Waals surface area contributed by atoms with Crippen molar-refractivity contribution >= 4 is 52.6 Å². The highest BCUT2D eigenvalue weighted by molar-refractivity contribution is 6.35. The van der Waals surface area contributed by atoms with E-state index in [4.69, 9.17) is 23.2 Å². The van der Waals surface area contributed by atoms with E-state index in [-0.39, 0.29) is 30.0 Å². The first kappa shape index (κ1) is 29.8. The van der Waals surface area contributed by atoms with Gasteiger partial charge in [0.2, 0.25) is 11.9 Å². The predicted octanol–water partition coefficient (Wildman–Crippen LogP) is 5.09. The number of benzene rings is 2. The van der Waals surface area contributed by atoms with E-state index < -0.39 is 23.4 Å². The molecule has 0 saturated heterocycles. The molecule has 5 rings (SSSR count). The number of nitrogens with one attached hydrogen (secondary N) is 2. The summed E-state index contributed by atoms with van der Waals surface area (Å²) in [5, 5.41) is 15.4. The highest BCUT2D eigenvalue weighted by atomic mass is 35.5. The Morgan fingerprint density at radius 2 is 1.72 bits per heavy atom. The van der Waals surface area contributed by atoms with Gasteiger partial charge in [0.05, 0.1) is 35.3 Å². The molecular formula is C31H27Cl2N7O3. The van der Waals surface area contributed by atoms with Gasteiger partial charge in [0, 0.05) is 22.7 Å². The summed E-state index contributed by atoms with van der Waals surface area (Å²) in [6, 6.07) is 17.8. The van der Waals surface area contributed by atoms with E-state index in [1.54, 1.807) is 86.1 Å². The molecule has 10 nitrogen and oxygen atoms in total. The zero-order valence-electron chi connectivity index (χ0n) is 23.5. The smallest absolute Gasteiger partial charge is 0.270 e. The maximum Gasteiger partial charge on any atom is 0.270 e. The van der Waals surface area contributed by atoms with Crippen LogP contribution < -0.4 is 15.5 Å². The summed E-state index contributed by atoms with van der Waals surface area (Å²) in [6.45, 7) is 5.09. The molecule has 3 amide bonds. The summed E-state index contributed by atoms with van der Waals surface area (Å²) >= 11 is 12.5. The van der Waals surface area contributed by atoms with Crippen LogP contribution >= 0.6 is 23.2 Å². The van der Waals surface area contributed by atoms with Crippen LogP contribution in [0.3, 0.4) is 0 Å². The zero-order chi connectivity index (χ0) is 30.9. The number of nitriles is 1. The van der Waals surface area contributed by atoms with Crippen LogP contribution in [0.5, 0.6) is 0 Å². The third-order valence-corrected chi connectivity index (χ3v) is 7.74. The fourth-order valence-electron chi connectivity index (χ4n) is 5.10. The first-order valence-corrected chi connectivity index (χ1v) is 14.2. The van der Waals surface area contributed by atoms with Gasteiger partial charge in [-0.3, -0.25) is 23.9 Å². The Kier molecular flexibility index (Phi) is 8.22. The first-order valence-electron chi connectivity index (χ1n) is 13.4. The van der Waals surface area contributed by atoms with Crippen molar-refractivity contribution < 1.29 is 14.4 Å². The van der Waals surface area contributed by atoms with E-state index in [9.17, 15) is 19.6 Å². The molecule has 2 aromatic carbocycles. The number of hydrogen-bond acceptors (Lipinski definition) is 6. The molecule has 4 aromatic rings. The monoisotopic (exact) mass is 615 g/mol. The summed E-state index contributed by atoms with van der Waals surface area (Å²) in [4.78, 5) is 50.9. The van der Waals surface area contributed by atoms with E-state index in [1.807, 2.05) is 6.07 Å². The molecular weight excluding hydrogens is 589 g/mol. The lowest BCUT2D eigenvalue weighted by molar-refractivity contribution is -0.124. The number of anilines is 2. The zero-order valence-corrected chi connectivity index (χ0v) is 25.0. The summed E-state index contributed by atoms with van der Waals surface area (Å²) in [5.74, 6) is -1.15. The third kappa shape index (κ3) is 5.82. The van der Waals surface area contributed by atoms with E-state index in [2.05, 4.69) is 26.7 Å². The third-order valence-electron chi connectivity index (χ3n) is 7.30. The number of hydrogen-bond donors (Lipinski definition) is 2. The maximum atomic E-state index is 14.2. The quantitative estimate of drug-likeness (QED) is 0.284. The molecule has 0 saturated carbocycles. The van der Waals surface area contributed by atoms with E-state index in [0.29, 0.717) is 27.0 Å². The van der Waals surface area contributed by atoms with Crippen LogP contribution in [0.15, 0.2) is 73.1 Å². The number of imidazole rings is 1. The lowest BCUT2D eigenvalue weighted by Gasteiger charge is -2.27. The van der Waals surface area contributed by atoms with Gasteiger partial charge < -0.3 is 10.6 Å². The normalized spacial score (nSPS) is 17.1. The summed E-state index contributed by atoms with van der Waals surface area (Å²) < 4.78 is 1.57. The van der Waals surface area contributed by atoms with Gasteiger partial charge in [-0.1, -0.05) is 41.4 Å². The Hall–Kier alpha value is -4.72. The number of pyridine rings is 1. The number of carbonyl (C=O) groups is 3. The van der Waals surface area contributed by atoms with Gasteiger partial charge in [-0.25, -0.2) is 9.88 Å². The number of carbonyl (C=O) groups excluding carboxylic acids is 3. The molecule has 218 valence electrons. The highest BCUT2D eigenvalue weighted by Gasteiger charge is 2.51. The molecule has 0 fully saturated rings. The van der Waals surface area contributed by atoms with Crippen molar-refractivity contribution in [3.8, 4) is 6.07 Å². The van der Waals surface area contributed by atoms with E-state index >= 15 is 0 Å². The molecule has 43 heavy (non-hydrogen) atoms. The van der Waals surface area contributed by atoms with E-state index in [1.165, 1.54) is 11.1 Å². The van der Waals surface area contributed by atoms with Gasteiger partial charge >= 0.3 is 0 Å². The molecule has 0 radical (unpaired) electrons. The summed E-state index contributed by atoms with van der Waals surface area (Å²) in [6.07, 6.45) is 3.19. The minimum absolute atomic E-state index is 0.0903. The molecule has 0 aliphatic carbocycles. The van der Waals surface area contributed by atoms with Gasteiger partial charge in [0.25, 0.3) is 11.8 Å². The summed E-state index contributed by atoms with van der Waals surface area (Å²) in [5.41, 5.74) is 1.10. The minimum Gasteiger partial charge on any atom is -0.346 e. The topological polar surface area (TPSA) is 133 Å². The van der Waals surface area contributed by atoms with Crippen molar-refractivity contribution in [2.45, 2.75) is 44.8 Å². The average molecular weight is 617 g/mol. The fraction of sp³-hybridized carbons (Fsp3) is 0.226. The lowest BCUT2D eigenvalue weighted by atomic mass is 9.91. The Balaban J connectivity index is 1.47. The molecule has 2 N–H and O–H groups in total. The van der Waals surface area contributed by atoms with Crippen molar-refractivity contribution in [1.82, 2.24) is 25.2 Å². The van der Waals surface area contributed by atoms with Crippen molar-refractivity contribution in [1.29, 1.82) is 5.26 Å². The molecule has 1 aliphatic rings. The van der Waals surface area contributed by atoms with Crippen molar-refractivity contribution in [2.24, 2.45) is 0 Å². The van der Waals surface area contributed by atoms with Crippen molar-refractivity contribution in [2.75, 3.05) is 4.90 Å². The van der Waals surface area contributed by atoms with Gasteiger partial charge in [0.15, 0.2) is 0 Å². The lowest BCUT2D eigenvalue weighted by Crippen LogP contribution is -2.47. The van der Waals surface area contributed by atoms with Crippen LogP contribution in [0.25, 0.3) is 0 Å². The van der Waals surface area contributed by atoms with Gasteiger partial charge in [0.1, 0.15) is 17.3 Å². The number of halogens is 2. The predicted molar refractivity (Wildman–Crippen MR) is 162 cm³/mol. The molecule has 2 aromatic heterocycles. The maximum absolute atomic E-state index is 14.2. The molecule has 0 bridgehead atoms. The number of aromatic nitrogens is 3. The fourth-order valence-corrected chi connectivity index (χ4v) is 5.62. The highest BCUT2D eigenvalue weighted by Crippen LogP contribution is 2.43. The van der Waals surface area contributed by atoms with E-state index in [0.717, 1.165) is 5.56 Å². The van der Waals surface area contributed by atoms with Crippen LogP contribution in [-0.4, -0.2) is 38.3 Å². The number of fused-ring (bicyclic) bond motifs is 1. The van der Waals surface area contributed by atoms with Crippen LogP contribution in [-0.2, 0) is 21.5 Å². The van der Waals surface area contributed by atoms with Crippen molar-refractivity contribution in [3.63, 3.8) is 0 Å². The Morgan fingerprint density at radius 1 is 1.02 bits per heavy atom. The molecule has 1 aliphatic heterocycles. The van der Waals surface area contributed by atoms with Gasteiger partial charge in [-0.15, -0.1) is 0 Å². The molecule has 3 atom stereocenters. The number of rotatable bonds is 8. The first-order chi connectivity index (χ1) is 20.5. The molecule has 0 unspecified atom stereocenters. The Labute approximate surface area is 258 Å². The molecule has 0 spiro atoms. The van der Waals surface area contributed by atoms with Crippen LogP contribution in [0, 0.1) is 11.3 Å². The van der Waals surface area contributed by atoms with Crippen molar-refractivity contribution in [3.05, 3.63) is 106 Å². The second-order valence-electron chi connectivity index (χ2n) is 10.5. The standard InChI is InChI=1S/C31H27Cl2N7O3/c1-18(25-6-4-5-11-35-25)37-27(41)19(2)38-28(42)26-17-36-30-39(24-13-22(32)12-23(33)14-24)29(43)31(3,40(26)30)15-20-7-9-21(16-34)10-8-20/h4-14,17-19H,15H2,1-3H3,(H,37,41)(H,38,42)/t18-,19-,31-/m1/s1. The molecule has 3 heterocycles. The summed E-state index contributed by atoms with van der Waals surface area (Å²) in [7, 11) is 0. The second kappa shape index (κ2) is 11.9. The van der Waals surface area contributed by atoms with Crippen LogP contribution in [0.1, 0.15) is 54.1 Å². The van der Waals surface area contributed by atoms with Crippen LogP contribution in [0.2, 0.25) is 10.0 Å². The number of amides is 3. The largest absolute Gasteiger partial charge is 0.346 e. The SMILES string of the molecule is C[C@@H](NC(=O)c1cnc2n1[C@](C)(Cc1ccc(C#N)cc1)C(=O)N2c1cc(Cl)cc(Cl)c1)C(=O)N[C@H](C)c1ccccn1. The average Bonchev–Trinajstić information content (AvgIpc) is 3.51. The Bertz CT molecular complexity index is 1730.